The van der Waals surface area contributed by atoms with Crippen molar-refractivity contribution < 1.29 is 9.53 Å². The quantitative estimate of drug-likeness (QED) is 0.416. The Morgan fingerprint density at radius 1 is 1.00 bits per heavy atom. The van der Waals surface area contributed by atoms with Crippen molar-refractivity contribution in [1.29, 1.82) is 0 Å². The fraction of sp³-hybridized carbons (Fsp3) is 0.448. The Morgan fingerprint density at radius 2 is 1.70 bits per heavy atom. The molecule has 3 saturated heterocycles. The van der Waals surface area contributed by atoms with Crippen molar-refractivity contribution in [2.75, 3.05) is 18.4 Å². The third kappa shape index (κ3) is 5.63. The van der Waals surface area contributed by atoms with Gasteiger partial charge in [-0.1, -0.05) is 23.7 Å². The standard InChI is InChI=1S/C29H34ClN5O2/c30-22-3-1-20(2-4-22)21-11-15-34(16-12-21)29(36)33-23-5-9-26(10-6-23)37-27-17-24-7-8-25(18-27)35(24)19-28-31-13-14-32-28/h1-6,9-10,13-14,21,24-25,27H,7-8,11-12,15-19H2,(H,31,32)(H,33,36)/t24-,25+,27+. The second-order valence-electron chi connectivity index (χ2n) is 10.6. The number of piperidine rings is 2. The summed E-state index contributed by atoms with van der Waals surface area (Å²) in [5, 5.41) is 3.81. The lowest BCUT2D eigenvalue weighted by Crippen LogP contribution is -2.45. The normalized spacial score (nSPS) is 24.2. The van der Waals surface area contributed by atoms with Crippen molar-refractivity contribution in [2.24, 2.45) is 0 Å². The van der Waals surface area contributed by atoms with E-state index in [4.69, 9.17) is 16.3 Å². The van der Waals surface area contributed by atoms with Crippen LogP contribution in [0.25, 0.3) is 0 Å². The number of carbonyl (C=O) groups is 1. The highest BCUT2D eigenvalue weighted by Gasteiger charge is 2.41. The molecule has 0 spiro atoms. The number of imidazole rings is 1. The Bertz CT molecular complexity index is 1160. The first-order valence-electron chi connectivity index (χ1n) is 13.4. The van der Waals surface area contributed by atoms with Gasteiger partial charge in [-0.05, 0) is 86.4 Å². The van der Waals surface area contributed by atoms with Gasteiger partial charge in [-0.15, -0.1) is 0 Å². The number of carbonyl (C=O) groups excluding carboxylic acids is 1. The third-order valence-electron chi connectivity index (χ3n) is 8.26. The summed E-state index contributed by atoms with van der Waals surface area (Å²) in [6.45, 7) is 2.39. The van der Waals surface area contributed by atoms with E-state index in [2.05, 4.69) is 32.3 Å². The van der Waals surface area contributed by atoms with E-state index in [-0.39, 0.29) is 12.1 Å². The van der Waals surface area contributed by atoms with Crippen LogP contribution in [0.15, 0.2) is 60.9 Å². The molecule has 7 nitrogen and oxygen atoms in total. The zero-order valence-electron chi connectivity index (χ0n) is 21.0. The molecule has 3 atom stereocenters. The van der Waals surface area contributed by atoms with Gasteiger partial charge in [-0.2, -0.15) is 0 Å². The molecular weight excluding hydrogens is 486 g/mol. The Labute approximate surface area is 223 Å². The number of aromatic nitrogens is 2. The average Bonchev–Trinajstić information content (AvgIpc) is 3.51. The van der Waals surface area contributed by atoms with Crippen molar-refractivity contribution in [3.05, 3.63) is 77.3 Å². The highest BCUT2D eigenvalue weighted by molar-refractivity contribution is 6.30. The lowest BCUT2D eigenvalue weighted by Gasteiger charge is -2.38. The highest BCUT2D eigenvalue weighted by atomic mass is 35.5. The number of hydrogen-bond donors (Lipinski definition) is 2. The maximum absolute atomic E-state index is 12.8. The zero-order chi connectivity index (χ0) is 25.2. The van der Waals surface area contributed by atoms with Crippen LogP contribution in [0.5, 0.6) is 5.75 Å². The zero-order valence-corrected chi connectivity index (χ0v) is 21.7. The molecule has 2 N–H and O–H groups in total. The van der Waals surface area contributed by atoms with Gasteiger partial charge in [0.15, 0.2) is 0 Å². The molecule has 0 aliphatic carbocycles. The first kappa shape index (κ1) is 24.3. The van der Waals surface area contributed by atoms with Crippen LogP contribution in [0.2, 0.25) is 5.02 Å². The van der Waals surface area contributed by atoms with Crippen molar-refractivity contribution in [3.8, 4) is 5.75 Å². The lowest BCUT2D eigenvalue weighted by molar-refractivity contribution is 0.0431. The number of anilines is 1. The van der Waals surface area contributed by atoms with E-state index in [0.29, 0.717) is 18.0 Å². The number of ether oxygens (including phenoxy) is 1. The topological polar surface area (TPSA) is 73.5 Å². The number of halogens is 1. The monoisotopic (exact) mass is 519 g/mol. The molecule has 3 aliphatic rings. The largest absolute Gasteiger partial charge is 0.490 e. The third-order valence-corrected chi connectivity index (χ3v) is 8.51. The van der Waals surface area contributed by atoms with Gasteiger partial charge in [0.1, 0.15) is 17.7 Å². The molecule has 2 aromatic carbocycles. The second-order valence-corrected chi connectivity index (χ2v) is 11.0. The summed E-state index contributed by atoms with van der Waals surface area (Å²) in [4.78, 5) is 25.0. The van der Waals surface area contributed by atoms with Gasteiger partial charge in [0.25, 0.3) is 0 Å². The van der Waals surface area contributed by atoms with Crippen LogP contribution < -0.4 is 10.1 Å². The summed E-state index contributed by atoms with van der Waals surface area (Å²) < 4.78 is 6.38. The molecule has 0 saturated carbocycles. The van der Waals surface area contributed by atoms with E-state index in [1.54, 1.807) is 0 Å². The molecular formula is C29H34ClN5O2. The van der Waals surface area contributed by atoms with Crippen LogP contribution in [0.4, 0.5) is 10.5 Å². The Balaban J connectivity index is 0.974. The molecule has 3 aliphatic heterocycles. The molecule has 1 aromatic heterocycles. The predicted octanol–water partition coefficient (Wildman–Crippen LogP) is 6.05. The molecule has 3 fully saturated rings. The minimum atomic E-state index is -0.0382. The number of benzene rings is 2. The molecule has 2 amide bonds. The molecule has 8 heteroatoms. The van der Waals surface area contributed by atoms with Crippen molar-refractivity contribution in [1.82, 2.24) is 19.8 Å². The van der Waals surface area contributed by atoms with E-state index in [1.807, 2.05) is 53.7 Å². The molecule has 4 heterocycles. The smallest absolute Gasteiger partial charge is 0.321 e. The van der Waals surface area contributed by atoms with Crippen LogP contribution in [-0.2, 0) is 6.54 Å². The second kappa shape index (κ2) is 10.8. The van der Waals surface area contributed by atoms with Gasteiger partial charge in [-0.3, -0.25) is 4.90 Å². The minimum Gasteiger partial charge on any atom is -0.490 e. The van der Waals surface area contributed by atoms with E-state index >= 15 is 0 Å². The molecule has 6 rings (SSSR count). The van der Waals surface area contributed by atoms with Crippen LogP contribution >= 0.6 is 11.6 Å². The number of hydrogen-bond acceptors (Lipinski definition) is 4. The van der Waals surface area contributed by atoms with Crippen molar-refractivity contribution in [2.45, 2.75) is 69.2 Å². The maximum atomic E-state index is 12.8. The summed E-state index contributed by atoms with van der Waals surface area (Å²) in [5.41, 5.74) is 2.10. The summed E-state index contributed by atoms with van der Waals surface area (Å²) in [7, 11) is 0. The number of H-pyrrole nitrogens is 1. The fourth-order valence-corrected chi connectivity index (χ4v) is 6.42. The van der Waals surface area contributed by atoms with Gasteiger partial charge in [-0.25, -0.2) is 9.78 Å². The number of urea groups is 1. The predicted molar refractivity (Wildman–Crippen MR) is 145 cm³/mol. The number of amides is 2. The van der Waals surface area contributed by atoms with Crippen molar-refractivity contribution in [3.63, 3.8) is 0 Å². The summed E-state index contributed by atoms with van der Waals surface area (Å²) >= 11 is 6.02. The first-order valence-corrected chi connectivity index (χ1v) is 13.8. The van der Waals surface area contributed by atoms with Gasteiger partial charge >= 0.3 is 6.03 Å². The van der Waals surface area contributed by atoms with Crippen LogP contribution in [0.1, 0.15) is 55.8 Å². The summed E-state index contributed by atoms with van der Waals surface area (Å²) in [6, 6.07) is 17.0. The van der Waals surface area contributed by atoms with Crippen LogP contribution in [-0.4, -0.2) is 57.1 Å². The van der Waals surface area contributed by atoms with Crippen LogP contribution in [0.3, 0.4) is 0 Å². The molecule has 194 valence electrons. The van der Waals surface area contributed by atoms with Crippen LogP contribution in [0, 0.1) is 0 Å². The number of likely N-dealkylation sites (tertiary alicyclic amines) is 1. The van der Waals surface area contributed by atoms with E-state index in [9.17, 15) is 4.79 Å². The summed E-state index contributed by atoms with van der Waals surface area (Å²) in [6.07, 6.45) is 10.4. The van der Waals surface area contributed by atoms with Gasteiger partial charge in [0, 0.05) is 48.3 Å². The van der Waals surface area contributed by atoms with Gasteiger partial charge in [0.2, 0.25) is 0 Å². The van der Waals surface area contributed by atoms with E-state index in [1.165, 1.54) is 18.4 Å². The molecule has 0 unspecified atom stereocenters. The average molecular weight is 520 g/mol. The Hall–Kier alpha value is -3.03. The lowest BCUT2D eigenvalue weighted by atomic mass is 9.89. The van der Waals surface area contributed by atoms with E-state index in [0.717, 1.165) is 67.6 Å². The minimum absolute atomic E-state index is 0.0382. The Morgan fingerprint density at radius 3 is 2.35 bits per heavy atom. The number of rotatable bonds is 6. The SMILES string of the molecule is O=C(Nc1ccc(O[C@H]2C[C@H]3CC[C@@H](C2)N3Cc2ncc[nH]2)cc1)N1CCC(c2ccc(Cl)cc2)CC1. The molecule has 37 heavy (non-hydrogen) atoms. The van der Waals surface area contributed by atoms with Gasteiger partial charge < -0.3 is 19.9 Å². The number of nitrogens with one attached hydrogen (secondary N) is 2. The Kier molecular flexibility index (Phi) is 7.07. The molecule has 0 radical (unpaired) electrons. The number of fused-ring (bicyclic) bond motifs is 2. The summed E-state index contributed by atoms with van der Waals surface area (Å²) in [5.74, 6) is 2.38. The van der Waals surface area contributed by atoms with Gasteiger partial charge in [0.05, 0.1) is 6.54 Å². The van der Waals surface area contributed by atoms with Crippen molar-refractivity contribution >= 4 is 23.3 Å². The first-order chi connectivity index (χ1) is 18.1. The molecule has 3 aromatic rings. The highest BCUT2D eigenvalue weighted by Crippen LogP contribution is 2.38. The number of nitrogens with zero attached hydrogens (tertiary/aromatic N) is 3. The number of aromatic amines is 1. The maximum Gasteiger partial charge on any atom is 0.321 e. The molecule has 2 bridgehead atoms. The van der Waals surface area contributed by atoms with E-state index < -0.39 is 0 Å². The fourth-order valence-electron chi connectivity index (χ4n) is 6.30.